The number of amides is 2. The van der Waals surface area contributed by atoms with Crippen LogP contribution >= 0.6 is 23.2 Å². The molecule has 1 aliphatic heterocycles. The Morgan fingerprint density at radius 2 is 1.86 bits per heavy atom. The number of rotatable bonds is 2. The summed E-state index contributed by atoms with van der Waals surface area (Å²) >= 11 is 11.7. The molecule has 0 aliphatic carbocycles. The minimum Gasteiger partial charge on any atom is -0.324 e. The molecule has 7 nitrogen and oxygen atoms in total. The zero-order valence-electron chi connectivity index (χ0n) is 14.6. The predicted octanol–water partition coefficient (Wildman–Crippen LogP) is 3.78. The third-order valence-corrected chi connectivity index (χ3v) is 5.26. The van der Waals surface area contributed by atoms with Gasteiger partial charge in [0.1, 0.15) is 0 Å². The van der Waals surface area contributed by atoms with Crippen molar-refractivity contribution in [3.63, 3.8) is 0 Å². The van der Waals surface area contributed by atoms with Crippen molar-refractivity contribution >= 4 is 34.9 Å². The van der Waals surface area contributed by atoms with E-state index in [1.54, 1.807) is 12.1 Å². The van der Waals surface area contributed by atoms with Crippen LogP contribution in [-0.4, -0.2) is 38.4 Å². The maximum absolute atomic E-state index is 12.9. The molecule has 1 fully saturated rings. The fourth-order valence-corrected chi connectivity index (χ4v) is 3.33. The summed E-state index contributed by atoms with van der Waals surface area (Å²) in [5, 5.41) is 6.80. The topological polar surface area (TPSA) is 72.2 Å². The van der Waals surface area contributed by atoms with Gasteiger partial charge in [-0.05, 0) is 31.0 Å². The smallest absolute Gasteiger partial charge is 0.324 e. The fraction of sp³-hybridized carbons (Fsp3) is 0.438. The van der Waals surface area contributed by atoms with Crippen LogP contribution in [0, 0.1) is 0 Å². The summed E-state index contributed by atoms with van der Waals surface area (Å²) in [5.74, 6) is -1.24. The summed E-state index contributed by atoms with van der Waals surface area (Å²) < 4.78 is 40.1. The van der Waals surface area contributed by atoms with Gasteiger partial charge in [-0.2, -0.15) is 13.2 Å². The van der Waals surface area contributed by atoms with Crippen LogP contribution < -0.4 is 11.0 Å². The molecule has 2 heterocycles. The molecular weight excluding hydrogens is 422 g/mol. The number of carbonyl (C=O) groups is 1. The van der Waals surface area contributed by atoms with Crippen molar-refractivity contribution in [2.75, 3.05) is 18.4 Å². The van der Waals surface area contributed by atoms with E-state index in [1.807, 2.05) is 0 Å². The van der Waals surface area contributed by atoms with Crippen LogP contribution in [0.15, 0.2) is 23.0 Å². The first-order chi connectivity index (χ1) is 13.1. The van der Waals surface area contributed by atoms with Crippen molar-refractivity contribution in [3.8, 4) is 0 Å². The Hall–Kier alpha value is -2.20. The number of anilines is 1. The number of urea groups is 1. The molecule has 0 saturated carbocycles. The second-order valence-electron chi connectivity index (χ2n) is 6.38. The molecule has 1 aromatic carbocycles. The largest absolute Gasteiger partial charge is 0.451 e. The van der Waals surface area contributed by atoms with Crippen LogP contribution in [0.5, 0.6) is 0 Å². The molecule has 1 saturated heterocycles. The van der Waals surface area contributed by atoms with Gasteiger partial charge in [0.05, 0.1) is 16.1 Å². The van der Waals surface area contributed by atoms with Crippen LogP contribution in [0.4, 0.5) is 23.7 Å². The number of likely N-dealkylation sites (tertiary alicyclic amines) is 1. The van der Waals surface area contributed by atoms with Crippen molar-refractivity contribution in [2.45, 2.75) is 25.1 Å². The lowest BCUT2D eigenvalue weighted by Crippen LogP contribution is -2.43. The molecule has 3 rings (SSSR count). The lowest BCUT2D eigenvalue weighted by molar-refractivity contribution is -0.147. The number of hydrogen-bond acceptors (Lipinski definition) is 3. The molecule has 12 heteroatoms. The molecule has 0 spiro atoms. The molecule has 0 unspecified atom stereocenters. The Bertz CT molecular complexity index is 949. The molecular formula is C16H16Cl2F3N5O2. The highest BCUT2D eigenvalue weighted by Crippen LogP contribution is 2.28. The third-order valence-electron chi connectivity index (χ3n) is 4.53. The Kier molecular flexibility index (Phi) is 5.62. The molecule has 1 aromatic heterocycles. The van der Waals surface area contributed by atoms with Gasteiger partial charge in [-0.15, -0.1) is 5.10 Å². The number of alkyl halides is 3. The number of carbonyl (C=O) groups excluding carboxylic acids is 1. The molecule has 1 aliphatic rings. The van der Waals surface area contributed by atoms with E-state index in [9.17, 15) is 22.8 Å². The molecule has 0 bridgehead atoms. The van der Waals surface area contributed by atoms with E-state index >= 15 is 0 Å². The summed E-state index contributed by atoms with van der Waals surface area (Å²) in [6.45, 7) is 0.532. The van der Waals surface area contributed by atoms with Crippen molar-refractivity contribution < 1.29 is 18.0 Å². The van der Waals surface area contributed by atoms with Crippen molar-refractivity contribution in [1.29, 1.82) is 0 Å². The zero-order valence-corrected chi connectivity index (χ0v) is 16.1. The highest BCUT2D eigenvalue weighted by Gasteiger charge is 2.39. The molecule has 1 N–H and O–H groups in total. The summed E-state index contributed by atoms with van der Waals surface area (Å²) in [5.41, 5.74) is -0.358. The molecule has 2 aromatic rings. The van der Waals surface area contributed by atoms with Gasteiger partial charge in [0.2, 0.25) is 5.82 Å². The average Bonchev–Trinajstić information content (AvgIpc) is 2.94. The Morgan fingerprint density at radius 1 is 1.21 bits per heavy atom. The first-order valence-electron chi connectivity index (χ1n) is 8.31. The van der Waals surface area contributed by atoms with Crippen LogP contribution in [0.1, 0.15) is 24.7 Å². The SMILES string of the molecule is Cn1c(C(F)(F)F)nn(C2CCN(C(=O)Nc3ccc(Cl)c(Cl)c3)CC2)c1=O. The van der Waals surface area contributed by atoms with Gasteiger partial charge in [0.25, 0.3) is 0 Å². The fourth-order valence-electron chi connectivity index (χ4n) is 3.03. The van der Waals surface area contributed by atoms with E-state index in [1.165, 1.54) is 11.0 Å². The molecule has 0 atom stereocenters. The number of benzene rings is 1. The van der Waals surface area contributed by atoms with Gasteiger partial charge in [-0.3, -0.25) is 4.57 Å². The number of aromatic nitrogens is 3. The third kappa shape index (κ3) is 4.12. The van der Waals surface area contributed by atoms with Gasteiger partial charge < -0.3 is 10.2 Å². The van der Waals surface area contributed by atoms with E-state index in [0.29, 0.717) is 33.1 Å². The maximum atomic E-state index is 12.9. The van der Waals surface area contributed by atoms with Crippen LogP contribution in [0.3, 0.4) is 0 Å². The minimum absolute atomic E-state index is 0.266. The van der Waals surface area contributed by atoms with Crippen LogP contribution in [0.2, 0.25) is 10.0 Å². The predicted molar refractivity (Wildman–Crippen MR) is 97.8 cm³/mol. The number of halogens is 5. The van der Waals surface area contributed by atoms with Gasteiger partial charge >= 0.3 is 17.9 Å². The van der Waals surface area contributed by atoms with Gasteiger partial charge in [-0.25, -0.2) is 14.3 Å². The van der Waals surface area contributed by atoms with Crippen molar-refractivity contribution in [2.24, 2.45) is 7.05 Å². The van der Waals surface area contributed by atoms with E-state index in [4.69, 9.17) is 23.2 Å². The maximum Gasteiger partial charge on any atom is 0.451 e. The second kappa shape index (κ2) is 7.67. The first-order valence-corrected chi connectivity index (χ1v) is 9.07. The Labute approximate surface area is 167 Å². The summed E-state index contributed by atoms with van der Waals surface area (Å²) in [6, 6.07) is 3.79. The highest BCUT2D eigenvalue weighted by molar-refractivity contribution is 6.42. The Morgan fingerprint density at radius 3 is 2.39 bits per heavy atom. The van der Waals surface area contributed by atoms with Crippen LogP contribution in [0.25, 0.3) is 0 Å². The molecule has 0 radical (unpaired) electrons. The van der Waals surface area contributed by atoms with E-state index in [0.717, 1.165) is 11.7 Å². The lowest BCUT2D eigenvalue weighted by atomic mass is 10.1. The zero-order chi connectivity index (χ0) is 20.6. The summed E-state index contributed by atoms with van der Waals surface area (Å²) in [6.07, 6.45) is -4.09. The van der Waals surface area contributed by atoms with Gasteiger partial charge in [0, 0.05) is 25.8 Å². The van der Waals surface area contributed by atoms with Gasteiger partial charge in [0.15, 0.2) is 0 Å². The quantitative estimate of drug-likeness (QED) is 0.776. The first kappa shape index (κ1) is 20.5. The van der Waals surface area contributed by atoms with Gasteiger partial charge in [-0.1, -0.05) is 23.2 Å². The minimum atomic E-state index is -4.71. The second-order valence-corrected chi connectivity index (χ2v) is 7.20. The standard InChI is InChI=1S/C16H16Cl2F3N5O2/c1-24-13(16(19,20)21)23-26(15(24)28)10-4-6-25(7-5-10)14(27)22-9-2-3-11(17)12(18)8-9/h2-3,8,10H,4-7H2,1H3,(H,22,27). The lowest BCUT2D eigenvalue weighted by Gasteiger charge is -2.31. The van der Waals surface area contributed by atoms with E-state index in [-0.39, 0.29) is 19.1 Å². The Balaban J connectivity index is 1.65. The molecule has 2 amide bonds. The van der Waals surface area contributed by atoms with E-state index in [2.05, 4.69) is 10.4 Å². The summed E-state index contributed by atoms with van der Waals surface area (Å²) in [7, 11) is 1.04. The number of piperidine rings is 1. The monoisotopic (exact) mass is 437 g/mol. The summed E-state index contributed by atoms with van der Waals surface area (Å²) in [4.78, 5) is 26.0. The van der Waals surface area contributed by atoms with Crippen molar-refractivity contribution in [1.82, 2.24) is 19.2 Å². The van der Waals surface area contributed by atoms with Crippen molar-refractivity contribution in [3.05, 3.63) is 44.6 Å². The highest BCUT2D eigenvalue weighted by atomic mass is 35.5. The average molecular weight is 438 g/mol. The van der Waals surface area contributed by atoms with E-state index < -0.39 is 23.7 Å². The number of hydrogen-bond donors (Lipinski definition) is 1. The normalized spacial score (nSPS) is 15.7. The molecule has 28 heavy (non-hydrogen) atoms. The van der Waals surface area contributed by atoms with Crippen LogP contribution in [-0.2, 0) is 13.2 Å². The molecule has 152 valence electrons. The number of nitrogens with one attached hydrogen (secondary N) is 1. The number of nitrogens with zero attached hydrogens (tertiary/aromatic N) is 4.